The summed E-state index contributed by atoms with van der Waals surface area (Å²) in [5.74, 6) is -0.935. The van der Waals surface area contributed by atoms with Gasteiger partial charge in [0.2, 0.25) is 0 Å². The van der Waals surface area contributed by atoms with E-state index in [1.54, 1.807) is 0 Å². The van der Waals surface area contributed by atoms with E-state index in [-0.39, 0.29) is 5.57 Å². The molecule has 2 heteroatoms. The third-order valence-corrected chi connectivity index (χ3v) is 3.15. The molecule has 0 bridgehead atoms. The summed E-state index contributed by atoms with van der Waals surface area (Å²) in [7, 11) is 0. The predicted molar refractivity (Wildman–Crippen MR) is 115 cm³/mol. The van der Waals surface area contributed by atoms with Crippen molar-refractivity contribution in [2.24, 2.45) is 0 Å². The van der Waals surface area contributed by atoms with E-state index in [2.05, 4.69) is 63.1 Å². The number of benzene rings is 2. The molecule has 2 aromatic rings. The van der Waals surface area contributed by atoms with Crippen LogP contribution >= 0.6 is 0 Å². The summed E-state index contributed by atoms with van der Waals surface area (Å²) in [6, 6.07) is 18.4. The number of hydrogen-bond donors (Lipinski definition) is 1. The third-order valence-electron chi connectivity index (χ3n) is 3.15. The zero-order chi connectivity index (χ0) is 19.8. The topological polar surface area (TPSA) is 37.3 Å². The summed E-state index contributed by atoms with van der Waals surface area (Å²) in [6.45, 7) is 14.1. The Balaban J connectivity index is 0.000000375. The average molecular weight is 348 g/mol. The van der Waals surface area contributed by atoms with Crippen molar-refractivity contribution in [1.82, 2.24) is 0 Å². The van der Waals surface area contributed by atoms with E-state index in [0.29, 0.717) is 0 Å². The zero-order valence-electron chi connectivity index (χ0n) is 15.7. The molecule has 0 fully saturated rings. The van der Waals surface area contributed by atoms with E-state index in [0.717, 1.165) is 17.5 Å². The Bertz CT molecular complexity index is 686. The molecule has 0 radical (unpaired) electrons. The van der Waals surface area contributed by atoms with Crippen LogP contribution in [0.3, 0.4) is 0 Å². The molecule has 0 atom stereocenters. The van der Waals surface area contributed by atoms with Gasteiger partial charge < -0.3 is 5.11 Å². The van der Waals surface area contributed by atoms with Crippen LogP contribution in [0.15, 0.2) is 86.0 Å². The minimum Gasteiger partial charge on any atom is -0.478 e. The molecule has 0 heterocycles. The van der Waals surface area contributed by atoms with Crippen LogP contribution in [-0.2, 0) is 4.79 Å². The van der Waals surface area contributed by atoms with Crippen LogP contribution in [0.25, 0.3) is 18.2 Å². The second-order valence-electron chi connectivity index (χ2n) is 5.34. The molecule has 0 saturated carbocycles. The van der Waals surface area contributed by atoms with Gasteiger partial charge in [0, 0.05) is 5.57 Å². The lowest BCUT2D eigenvalue weighted by atomic mass is 10.1. The normalized spacial score (nSPS) is 9.15. The van der Waals surface area contributed by atoms with Gasteiger partial charge in [-0.05, 0) is 30.0 Å². The maximum Gasteiger partial charge on any atom is 0.330 e. The van der Waals surface area contributed by atoms with Crippen molar-refractivity contribution >= 4 is 24.2 Å². The Hall–Kier alpha value is -3.13. The Labute approximate surface area is 157 Å². The Kier molecular flexibility index (Phi) is 12.5. The summed E-state index contributed by atoms with van der Waals surface area (Å²) in [6.07, 6.45) is 9.07. The van der Waals surface area contributed by atoms with Gasteiger partial charge in [-0.15, -0.1) is 0 Å². The van der Waals surface area contributed by atoms with Crippen molar-refractivity contribution in [3.63, 3.8) is 0 Å². The Morgan fingerprint density at radius 1 is 0.962 bits per heavy atom. The van der Waals surface area contributed by atoms with E-state index in [1.165, 1.54) is 12.5 Å². The molecule has 0 aliphatic heterocycles. The second-order valence-corrected chi connectivity index (χ2v) is 5.34. The fourth-order valence-corrected chi connectivity index (χ4v) is 1.70. The predicted octanol–water partition coefficient (Wildman–Crippen LogP) is 6.73. The number of carbonyl (C=O) groups is 1. The van der Waals surface area contributed by atoms with Gasteiger partial charge in [-0.3, -0.25) is 0 Å². The molecule has 0 aliphatic rings. The van der Waals surface area contributed by atoms with Gasteiger partial charge >= 0.3 is 5.97 Å². The first-order chi connectivity index (χ1) is 12.5. The third kappa shape index (κ3) is 10.6. The van der Waals surface area contributed by atoms with Crippen molar-refractivity contribution in [2.75, 3.05) is 0 Å². The molecule has 2 nitrogen and oxygen atoms in total. The SMILES string of the molecule is C=C(C)C(=O)O.C=Cc1ccccc1C=C.CCC=Cc1ccccc1. The fourth-order valence-electron chi connectivity index (χ4n) is 1.70. The maximum atomic E-state index is 9.60. The number of aliphatic carboxylic acids is 1. The summed E-state index contributed by atoms with van der Waals surface area (Å²) < 4.78 is 0. The average Bonchev–Trinajstić information content (AvgIpc) is 2.68. The highest BCUT2D eigenvalue weighted by Gasteiger charge is 1.90. The molecule has 2 rings (SSSR count). The first-order valence-corrected chi connectivity index (χ1v) is 8.40. The quantitative estimate of drug-likeness (QED) is 0.608. The van der Waals surface area contributed by atoms with Gasteiger partial charge in [-0.1, -0.05) is 106 Å². The summed E-state index contributed by atoms with van der Waals surface area (Å²) >= 11 is 0. The lowest BCUT2D eigenvalue weighted by molar-refractivity contribution is -0.132. The molecule has 1 N–H and O–H groups in total. The number of hydrogen-bond acceptors (Lipinski definition) is 1. The largest absolute Gasteiger partial charge is 0.478 e. The monoisotopic (exact) mass is 348 g/mol. The molecule has 0 amide bonds. The van der Waals surface area contributed by atoms with Crippen molar-refractivity contribution in [2.45, 2.75) is 20.3 Å². The number of rotatable bonds is 5. The van der Waals surface area contributed by atoms with Crippen LogP contribution in [0.5, 0.6) is 0 Å². The van der Waals surface area contributed by atoms with Crippen molar-refractivity contribution < 1.29 is 9.90 Å². The Morgan fingerprint density at radius 2 is 1.38 bits per heavy atom. The van der Waals surface area contributed by atoms with E-state index >= 15 is 0 Å². The molecule has 0 aromatic heterocycles. The molecule has 0 aliphatic carbocycles. The second kappa shape index (κ2) is 14.2. The number of carboxylic acids is 1. The van der Waals surface area contributed by atoms with Gasteiger partial charge in [0.1, 0.15) is 0 Å². The summed E-state index contributed by atoms with van der Waals surface area (Å²) in [5, 5.41) is 7.89. The Morgan fingerprint density at radius 3 is 1.73 bits per heavy atom. The molecule has 2 aromatic carbocycles. The van der Waals surface area contributed by atoms with Gasteiger partial charge in [0.15, 0.2) is 0 Å². The standard InChI is InChI=1S/C10H10.C10H12.C4H6O2/c1-3-9-7-5-6-8-10(9)4-2;1-2-3-7-10-8-5-4-6-9-10;1-3(2)4(5)6/h3-8H,1-2H2;3-9H,2H2,1H3;1H2,2H3,(H,5,6). The van der Waals surface area contributed by atoms with E-state index in [9.17, 15) is 4.79 Å². The van der Waals surface area contributed by atoms with Gasteiger partial charge in [0.25, 0.3) is 0 Å². The van der Waals surface area contributed by atoms with Crippen molar-refractivity contribution in [3.8, 4) is 0 Å². The molecular formula is C24H28O2. The zero-order valence-corrected chi connectivity index (χ0v) is 15.7. The van der Waals surface area contributed by atoms with Crippen LogP contribution < -0.4 is 0 Å². The smallest absolute Gasteiger partial charge is 0.330 e. The van der Waals surface area contributed by atoms with E-state index in [4.69, 9.17) is 5.11 Å². The molecule has 136 valence electrons. The molecular weight excluding hydrogens is 320 g/mol. The van der Waals surface area contributed by atoms with Crippen LogP contribution in [0, 0.1) is 0 Å². The van der Waals surface area contributed by atoms with Crippen LogP contribution in [0.1, 0.15) is 37.0 Å². The highest BCUT2D eigenvalue weighted by atomic mass is 16.4. The maximum absolute atomic E-state index is 9.60. The number of carboxylic acid groups (broad SMARTS) is 1. The van der Waals surface area contributed by atoms with Gasteiger partial charge in [0.05, 0.1) is 0 Å². The highest BCUT2D eigenvalue weighted by molar-refractivity contribution is 5.84. The lowest BCUT2D eigenvalue weighted by Gasteiger charge is -1.96. The minimum atomic E-state index is -0.935. The van der Waals surface area contributed by atoms with Crippen LogP contribution in [-0.4, -0.2) is 11.1 Å². The van der Waals surface area contributed by atoms with Gasteiger partial charge in [-0.25, -0.2) is 4.79 Å². The number of allylic oxidation sites excluding steroid dienone is 1. The van der Waals surface area contributed by atoms with E-state index in [1.807, 2.05) is 42.5 Å². The van der Waals surface area contributed by atoms with Crippen LogP contribution in [0.2, 0.25) is 0 Å². The minimum absolute atomic E-state index is 0.176. The first-order valence-electron chi connectivity index (χ1n) is 8.40. The summed E-state index contributed by atoms with van der Waals surface area (Å²) in [4.78, 5) is 9.60. The molecule has 26 heavy (non-hydrogen) atoms. The molecule has 0 saturated heterocycles. The molecule has 0 spiro atoms. The summed E-state index contributed by atoms with van der Waals surface area (Å²) in [5.41, 5.74) is 3.73. The first kappa shape index (κ1) is 22.9. The van der Waals surface area contributed by atoms with Crippen LogP contribution in [0.4, 0.5) is 0 Å². The van der Waals surface area contributed by atoms with Crippen molar-refractivity contribution in [1.29, 1.82) is 0 Å². The van der Waals surface area contributed by atoms with Crippen molar-refractivity contribution in [3.05, 3.63) is 103 Å². The van der Waals surface area contributed by atoms with Gasteiger partial charge in [-0.2, -0.15) is 0 Å². The fraction of sp³-hybridized carbons (Fsp3) is 0.125. The lowest BCUT2D eigenvalue weighted by Crippen LogP contribution is -1.92. The molecule has 0 unspecified atom stereocenters. The highest BCUT2D eigenvalue weighted by Crippen LogP contribution is 2.10. The van der Waals surface area contributed by atoms with E-state index < -0.39 is 5.97 Å².